The van der Waals surface area contributed by atoms with E-state index in [2.05, 4.69) is 9.97 Å². The number of rotatable bonds is 3. The largest absolute Gasteiger partial charge is 0.496 e. The minimum Gasteiger partial charge on any atom is -0.496 e. The lowest BCUT2D eigenvalue weighted by molar-refractivity contribution is 0.405. The van der Waals surface area contributed by atoms with Crippen LogP contribution in [0.3, 0.4) is 0 Å². The molecule has 0 aliphatic heterocycles. The van der Waals surface area contributed by atoms with E-state index in [1.807, 2.05) is 24.3 Å². The van der Waals surface area contributed by atoms with E-state index in [0.717, 1.165) is 10.6 Å². The minimum atomic E-state index is 0.401. The molecule has 82 valence electrons. The number of ether oxygens (including phenoxy) is 1. The summed E-state index contributed by atoms with van der Waals surface area (Å²) in [6.45, 7) is 0. The Balaban J connectivity index is 2.30. The molecule has 0 bridgehead atoms. The summed E-state index contributed by atoms with van der Waals surface area (Å²) >= 11 is 7.37. The van der Waals surface area contributed by atoms with Crippen LogP contribution in [-0.2, 0) is 0 Å². The van der Waals surface area contributed by atoms with E-state index in [-0.39, 0.29) is 0 Å². The van der Waals surface area contributed by atoms with Gasteiger partial charge in [0.25, 0.3) is 0 Å². The highest BCUT2D eigenvalue weighted by molar-refractivity contribution is 7.99. The molecule has 0 atom stereocenters. The number of para-hydroxylation sites is 1. The third-order valence-electron chi connectivity index (χ3n) is 1.90. The zero-order chi connectivity index (χ0) is 11.4. The lowest BCUT2D eigenvalue weighted by Crippen LogP contribution is -1.88. The summed E-state index contributed by atoms with van der Waals surface area (Å²) in [6.07, 6.45) is 3.18. The number of nitrogens with zero attached hydrogens (tertiary/aromatic N) is 2. The Morgan fingerprint density at radius 1 is 1.19 bits per heavy atom. The Kier molecular flexibility index (Phi) is 3.64. The molecule has 0 aliphatic carbocycles. The minimum absolute atomic E-state index is 0.401. The van der Waals surface area contributed by atoms with E-state index in [9.17, 15) is 0 Å². The fourth-order valence-electron chi connectivity index (χ4n) is 1.18. The van der Waals surface area contributed by atoms with Crippen molar-refractivity contribution >= 4 is 23.4 Å². The molecule has 0 saturated heterocycles. The van der Waals surface area contributed by atoms with Crippen LogP contribution in [-0.4, -0.2) is 17.1 Å². The molecule has 0 fully saturated rings. The van der Waals surface area contributed by atoms with Gasteiger partial charge >= 0.3 is 0 Å². The monoisotopic (exact) mass is 252 g/mol. The van der Waals surface area contributed by atoms with Crippen molar-refractivity contribution in [2.75, 3.05) is 7.11 Å². The van der Waals surface area contributed by atoms with Gasteiger partial charge in [-0.15, -0.1) is 0 Å². The van der Waals surface area contributed by atoms with E-state index < -0.39 is 0 Å². The van der Waals surface area contributed by atoms with Crippen molar-refractivity contribution < 1.29 is 4.74 Å². The van der Waals surface area contributed by atoms with Gasteiger partial charge in [-0.25, -0.2) is 9.97 Å². The van der Waals surface area contributed by atoms with Crippen molar-refractivity contribution in [2.45, 2.75) is 9.92 Å². The van der Waals surface area contributed by atoms with Gasteiger partial charge in [0, 0.05) is 12.4 Å². The summed E-state index contributed by atoms with van der Waals surface area (Å²) in [5, 5.41) is 1.08. The molecule has 2 rings (SSSR count). The average molecular weight is 253 g/mol. The molecular weight excluding hydrogens is 244 g/mol. The topological polar surface area (TPSA) is 35.0 Å². The Morgan fingerprint density at radius 3 is 2.69 bits per heavy atom. The highest BCUT2D eigenvalue weighted by Crippen LogP contribution is 2.35. The lowest BCUT2D eigenvalue weighted by atomic mass is 10.3. The molecule has 1 aromatic carbocycles. The molecular formula is C11H9ClN2OS. The van der Waals surface area contributed by atoms with Crippen molar-refractivity contribution in [3.05, 3.63) is 41.8 Å². The second-order valence-electron chi connectivity index (χ2n) is 2.91. The zero-order valence-electron chi connectivity index (χ0n) is 8.55. The maximum Gasteiger partial charge on any atom is 0.161 e. The van der Waals surface area contributed by atoms with Crippen molar-refractivity contribution in [3.8, 4) is 5.75 Å². The fourth-order valence-corrected chi connectivity index (χ4v) is 2.26. The van der Waals surface area contributed by atoms with Gasteiger partial charge < -0.3 is 4.74 Å². The Bertz CT molecular complexity index is 493. The van der Waals surface area contributed by atoms with Gasteiger partial charge in [0.05, 0.1) is 12.0 Å². The molecule has 5 heteroatoms. The molecule has 1 aromatic heterocycles. The molecule has 0 unspecified atom stereocenters. The predicted molar refractivity (Wildman–Crippen MR) is 64.2 cm³/mol. The Labute approximate surface area is 103 Å². The second-order valence-corrected chi connectivity index (χ2v) is 4.29. The maximum absolute atomic E-state index is 5.93. The standard InChI is InChI=1S/C11H9ClN2OS/c1-15-8-4-2-3-5-9(8)16-11-10(12)13-6-7-14-11/h2-7H,1H3. The van der Waals surface area contributed by atoms with E-state index in [1.54, 1.807) is 19.5 Å². The predicted octanol–water partition coefficient (Wildman–Crippen LogP) is 3.29. The van der Waals surface area contributed by atoms with Gasteiger partial charge in [0.2, 0.25) is 0 Å². The highest BCUT2D eigenvalue weighted by Gasteiger charge is 2.08. The molecule has 0 spiro atoms. The summed E-state index contributed by atoms with van der Waals surface area (Å²) < 4.78 is 5.25. The van der Waals surface area contributed by atoms with E-state index in [1.165, 1.54) is 11.8 Å². The SMILES string of the molecule is COc1ccccc1Sc1nccnc1Cl. The van der Waals surface area contributed by atoms with Gasteiger partial charge in [0.1, 0.15) is 10.8 Å². The molecule has 2 aromatic rings. The van der Waals surface area contributed by atoms with Gasteiger partial charge in [-0.05, 0) is 12.1 Å². The van der Waals surface area contributed by atoms with Gasteiger partial charge in [-0.2, -0.15) is 0 Å². The van der Waals surface area contributed by atoms with Crippen molar-refractivity contribution in [2.24, 2.45) is 0 Å². The molecule has 3 nitrogen and oxygen atoms in total. The number of benzene rings is 1. The van der Waals surface area contributed by atoms with Crippen LogP contribution in [0, 0.1) is 0 Å². The summed E-state index contributed by atoms with van der Waals surface area (Å²) in [5.74, 6) is 0.800. The van der Waals surface area contributed by atoms with Crippen molar-refractivity contribution in [1.82, 2.24) is 9.97 Å². The van der Waals surface area contributed by atoms with Crippen LogP contribution < -0.4 is 4.74 Å². The van der Waals surface area contributed by atoms with Crippen LogP contribution in [0.15, 0.2) is 46.6 Å². The van der Waals surface area contributed by atoms with Gasteiger partial charge in [-0.3, -0.25) is 0 Å². The molecule has 0 N–H and O–H groups in total. The van der Waals surface area contributed by atoms with E-state index in [0.29, 0.717) is 10.2 Å². The summed E-state index contributed by atoms with van der Waals surface area (Å²) in [4.78, 5) is 9.10. The summed E-state index contributed by atoms with van der Waals surface area (Å²) in [6, 6.07) is 7.71. The van der Waals surface area contributed by atoms with Gasteiger partial charge in [-0.1, -0.05) is 35.5 Å². The third-order valence-corrected chi connectivity index (χ3v) is 3.34. The first-order chi connectivity index (χ1) is 7.81. The lowest BCUT2D eigenvalue weighted by Gasteiger charge is -2.07. The Hall–Kier alpha value is -1.26. The first-order valence-electron chi connectivity index (χ1n) is 4.58. The second kappa shape index (κ2) is 5.18. The average Bonchev–Trinajstić information content (AvgIpc) is 2.33. The zero-order valence-corrected chi connectivity index (χ0v) is 10.1. The number of halogens is 1. The van der Waals surface area contributed by atoms with Crippen LogP contribution in [0.1, 0.15) is 0 Å². The summed E-state index contributed by atoms with van der Waals surface area (Å²) in [5.41, 5.74) is 0. The molecule has 0 aliphatic rings. The number of methoxy groups -OCH3 is 1. The first-order valence-corrected chi connectivity index (χ1v) is 5.78. The molecule has 0 radical (unpaired) electrons. The third kappa shape index (κ3) is 2.46. The molecule has 16 heavy (non-hydrogen) atoms. The van der Waals surface area contributed by atoms with Crippen LogP contribution in [0.4, 0.5) is 0 Å². The van der Waals surface area contributed by atoms with Crippen molar-refractivity contribution in [3.63, 3.8) is 0 Å². The normalized spacial score (nSPS) is 10.1. The maximum atomic E-state index is 5.93. The van der Waals surface area contributed by atoms with Crippen LogP contribution in [0.5, 0.6) is 5.75 Å². The van der Waals surface area contributed by atoms with E-state index in [4.69, 9.17) is 16.3 Å². The summed E-state index contributed by atoms with van der Waals surface area (Å²) in [7, 11) is 1.64. The highest BCUT2D eigenvalue weighted by atomic mass is 35.5. The molecule has 0 saturated carbocycles. The van der Waals surface area contributed by atoms with Crippen LogP contribution in [0.2, 0.25) is 5.15 Å². The van der Waals surface area contributed by atoms with Crippen LogP contribution >= 0.6 is 23.4 Å². The Morgan fingerprint density at radius 2 is 1.94 bits per heavy atom. The smallest absolute Gasteiger partial charge is 0.161 e. The van der Waals surface area contributed by atoms with Crippen LogP contribution in [0.25, 0.3) is 0 Å². The van der Waals surface area contributed by atoms with Gasteiger partial charge in [0.15, 0.2) is 5.15 Å². The molecule has 1 heterocycles. The fraction of sp³-hybridized carbons (Fsp3) is 0.0909. The number of hydrogen-bond acceptors (Lipinski definition) is 4. The number of hydrogen-bond donors (Lipinski definition) is 0. The molecule has 0 amide bonds. The van der Waals surface area contributed by atoms with E-state index >= 15 is 0 Å². The van der Waals surface area contributed by atoms with Crippen molar-refractivity contribution in [1.29, 1.82) is 0 Å². The first kappa shape index (κ1) is 11.2. The quantitative estimate of drug-likeness (QED) is 0.840. The number of aromatic nitrogens is 2.